The van der Waals surface area contributed by atoms with E-state index in [2.05, 4.69) is 10.6 Å². The van der Waals surface area contributed by atoms with E-state index in [4.69, 9.17) is 4.74 Å². The fourth-order valence-electron chi connectivity index (χ4n) is 3.62. The minimum Gasteiger partial charge on any atom is -0.494 e. The van der Waals surface area contributed by atoms with Crippen LogP contribution >= 0.6 is 0 Å². The maximum Gasteiger partial charge on any atom is 0.243 e. The van der Waals surface area contributed by atoms with Gasteiger partial charge in [-0.2, -0.15) is 0 Å². The first-order chi connectivity index (χ1) is 16.4. The lowest BCUT2D eigenvalue weighted by Crippen LogP contribution is -2.22. The molecule has 174 valence electrons. The zero-order chi connectivity index (χ0) is 24.1. The van der Waals surface area contributed by atoms with Crippen molar-refractivity contribution in [3.05, 3.63) is 90.5 Å². The summed E-state index contributed by atoms with van der Waals surface area (Å²) in [6, 6.07) is 25.0. The predicted octanol–water partition coefficient (Wildman–Crippen LogP) is 5.43. The molecule has 0 aliphatic heterocycles. The number of nitrogens with one attached hydrogen (secondary N) is 2. The van der Waals surface area contributed by atoms with Crippen LogP contribution in [-0.2, 0) is 14.6 Å². The molecule has 0 radical (unpaired) electrons. The van der Waals surface area contributed by atoms with Crippen molar-refractivity contribution in [1.82, 2.24) is 0 Å². The van der Waals surface area contributed by atoms with Crippen LogP contribution in [0.4, 0.5) is 11.4 Å². The molecule has 0 aliphatic carbocycles. The van der Waals surface area contributed by atoms with Crippen LogP contribution in [0.1, 0.15) is 12.5 Å². The Morgan fingerprint density at radius 2 is 1.62 bits per heavy atom. The second kappa shape index (κ2) is 9.97. The average Bonchev–Trinajstić information content (AvgIpc) is 2.83. The Morgan fingerprint density at radius 1 is 0.882 bits per heavy atom. The van der Waals surface area contributed by atoms with E-state index in [0.29, 0.717) is 23.7 Å². The lowest BCUT2D eigenvalue weighted by atomic mass is 10.1. The van der Waals surface area contributed by atoms with Crippen molar-refractivity contribution < 1.29 is 17.9 Å². The SMILES string of the molecule is CCOc1ccc(NCC(=O)Nc2ccc3ccccc3c2)c(S(=O)(=O)c2ccc(C)cc2)c1. The molecule has 0 atom stereocenters. The van der Waals surface area contributed by atoms with Crippen LogP contribution in [0.5, 0.6) is 5.75 Å². The molecule has 6 nitrogen and oxygen atoms in total. The van der Waals surface area contributed by atoms with Crippen molar-refractivity contribution in [2.45, 2.75) is 23.6 Å². The third-order valence-electron chi connectivity index (χ3n) is 5.36. The highest BCUT2D eigenvalue weighted by Gasteiger charge is 2.23. The van der Waals surface area contributed by atoms with Crippen LogP contribution in [0.3, 0.4) is 0 Å². The van der Waals surface area contributed by atoms with E-state index in [9.17, 15) is 13.2 Å². The summed E-state index contributed by atoms with van der Waals surface area (Å²) in [7, 11) is -3.83. The summed E-state index contributed by atoms with van der Waals surface area (Å²) >= 11 is 0. The van der Waals surface area contributed by atoms with Gasteiger partial charge in [0.2, 0.25) is 15.7 Å². The third-order valence-corrected chi connectivity index (χ3v) is 7.17. The number of fused-ring (bicyclic) bond motifs is 1. The van der Waals surface area contributed by atoms with E-state index in [1.807, 2.05) is 56.3 Å². The number of hydrogen-bond donors (Lipinski definition) is 2. The highest BCUT2D eigenvalue weighted by atomic mass is 32.2. The van der Waals surface area contributed by atoms with E-state index in [-0.39, 0.29) is 22.2 Å². The van der Waals surface area contributed by atoms with Gasteiger partial charge in [0.25, 0.3) is 0 Å². The Morgan fingerprint density at radius 3 is 2.35 bits per heavy atom. The first-order valence-electron chi connectivity index (χ1n) is 11.0. The molecule has 0 aromatic heterocycles. The molecule has 0 spiro atoms. The van der Waals surface area contributed by atoms with Crippen LogP contribution in [0, 0.1) is 6.92 Å². The second-order valence-corrected chi connectivity index (χ2v) is 9.79. The number of hydrogen-bond acceptors (Lipinski definition) is 5. The molecule has 4 aromatic carbocycles. The number of benzene rings is 4. The molecule has 1 amide bonds. The monoisotopic (exact) mass is 474 g/mol. The summed E-state index contributed by atoms with van der Waals surface area (Å²) in [5.41, 5.74) is 1.97. The summed E-state index contributed by atoms with van der Waals surface area (Å²) in [6.45, 7) is 4.03. The van der Waals surface area contributed by atoms with Crippen molar-refractivity contribution in [3.8, 4) is 5.75 Å². The zero-order valence-corrected chi connectivity index (χ0v) is 19.9. The summed E-state index contributed by atoms with van der Waals surface area (Å²) in [4.78, 5) is 12.8. The fourth-order valence-corrected chi connectivity index (χ4v) is 5.07. The number of rotatable bonds is 8. The number of carbonyl (C=O) groups excluding carboxylic acids is 1. The molecule has 7 heteroatoms. The van der Waals surface area contributed by atoms with Gasteiger partial charge in [-0.05, 0) is 61.0 Å². The van der Waals surface area contributed by atoms with Crippen LogP contribution < -0.4 is 15.4 Å². The van der Waals surface area contributed by atoms with Crippen molar-refractivity contribution in [1.29, 1.82) is 0 Å². The Bertz CT molecular complexity index is 1430. The van der Waals surface area contributed by atoms with Gasteiger partial charge in [0.1, 0.15) is 5.75 Å². The minimum atomic E-state index is -3.83. The van der Waals surface area contributed by atoms with Crippen molar-refractivity contribution in [3.63, 3.8) is 0 Å². The standard InChI is InChI=1S/C27H26N2O4S/c1-3-33-23-12-15-25(26(17-23)34(31,32)24-13-8-19(2)9-14-24)28-18-27(30)29-22-11-10-20-6-4-5-7-21(20)16-22/h4-17,28H,3,18H2,1-2H3,(H,29,30). The first kappa shape index (κ1) is 23.3. The Labute approximate surface area is 199 Å². The average molecular weight is 475 g/mol. The molecule has 4 rings (SSSR count). The molecule has 34 heavy (non-hydrogen) atoms. The quantitative estimate of drug-likeness (QED) is 0.356. The summed E-state index contributed by atoms with van der Waals surface area (Å²) < 4.78 is 32.3. The second-order valence-electron chi connectivity index (χ2n) is 7.87. The van der Waals surface area contributed by atoms with E-state index >= 15 is 0 Å². The van der Waals surface area contributed by atoms with Crippen LogP contribution in [-0.4, -0.2) is 27.5 Å². The van der Waals surface area contributed by atoms with Crippen molar-refractivity contribution >= 4 is 37.9 Å². The Kier molecular flexibility index (Phi) is 6.84. The van der Waals surface area contributed by atoms with Crippen LogP contribution in [0.25, 0.3) is 10.8 Å². The van der Waals surface area contributed by atoms with Crippen LogP contribution in [0.15, 0.2) is 94.7 Å². The maximum atomic E-state index is 13.4. The summed E-state index contributed by atoms with van der Waals surface area (Å²) in [5, 5.41) is 7.94. The molecule has 4 aromatic rings. The summed E-state index contributed by atoms with van der Waals surface area (Å²) in [6.07, 6.45) is 0. The van der Waals surface area contributed by atoms with Gasteiger partial charge in [0.15, 0.2) is 0 Å². The number of sulfone groups is 1. The largest absolute Gasteiger partial charge is 0.494 e. The molecule has 0 fully saturated rings. The van der Waals surface area contributed by atoms with Crippen LogP contribution in [0.2, 0.25) is 0 Å². The maximum absolute atomic E-state index is 13.4. The Hall–Kier alpha value is -3.84. The molecular formula is C27H26N2O4S. The normalized spacial score (nSPS) is 11.2. The van der Waals surface area contributed by atoms with E-state index in [0.717, 1.165) is 16.3 Å². The number of aryl methyl sites for hydroxylation is 1. The smallest absolute Gasteiger partial charge is 0.243 e. The summed E-state index contributed by atoms with van der Waals surface area (Å²) in [5.74, 6) is 0.155. The van der Waals surface area contributed by atoms with Gasteiger partial charge in [-0.15, -0.1) is 0 Å². The highest BCUT2D eigenvalue weighted by Crippen LogP contribution is 2.31. The van der Waals surface area contributed by atoms with Gasteiger partial charge in [-0.3, -0.25) is 4.79 Å². The third kappa shape index (κ3) is 5.21. The van der Waals surface area contributed by atoms with Gasteiger partial charge in [-0.25, -0.2) is 8.42 Å². The number of carbonyl (C=O) groups is 1. The van der Waals surface area contributed by atoms with E-state index in [1.165, 1.54) is 6.07 Å². The predicted molar refractivity (Wildman–Crippen MR) is 135 cm³/mol. The van der Waals surface area contributed by atoms with Gasteiger partial charge in [0.05, 0.1) is 28.6 Å². The zero-order valence-electron chi connectivity index (χ0n) is 19.0. The number of ether oxygens (including phenoxy) is 1. The van der Waals surface area contributed by atoms with Gasteiger partial charge < -0.3 is 15.4 Å². The van der Waals surface area contributed by atoms with E-state index in [1.54, 1.807) is 36.4 Å². The van der Waals surface area contributed by atoms with Crippen molar-refractivity contribution in [2.24, 2.45) is 0 Å². The van der Waals surface area contributed by atoms with Gasteiger partial charge in [-0.1, -0.05) is 48.0 Å². The molecular weight excluding hydrogens is 448 g/mol. The minimum absolute atomic E-state index is 0.0563. The molecule has 2 N–H and O–H groups in total. The lowest BCUT2D eigenvalue weighted by molar-refractivity contribution is -0.114. The highest BCUT2D eigenvalue weighted by molar-refractivity contribution is 7.91. The molecule has 0 bridgehead atoms. The van der Waals surface area contributed by atoms with Crippen molar-refractivity contribution in [2.75, 3.05) is 23.8 Å². The molecule has 0 aliphatic rings. The van der Waals surface area contributed by atoms with Gasteiger partial charge in [0, 0.05) is 11.8 Å². The number of anilines is 2. The lowest BCUT2D eigenvalue weighted by Gasteiger charge is -2.15. The molecule has 0 saturated heterocycles. The fraction of sp³-hybridized carbons (Fsp3) is 0.148. The topological polar surface area (TPSA) is 84.5 Å². The molecule has 0 heterocycles. The van der Waals surface area contributed by atoms with Gasteiger partial charge >= 0.3 is 0 Å². The number of amides is 1. The molecule has 0 unspecified atom stereocenters. The van der Waals surface area contributed by atoms with E-state index < -0.39 is 9.84 Å². The molecule has 0 saturated carbocycles. The first-order valence-corrected chi connectivity index (χ1v) is 12.5. The Balaban J connectivity index is 1.55.